The zero-order valence-electron chi connectivity index (χ0n) is 15.8. The predicted octanol–water partition coefficient (Wildman–Crippen LogP) is 2.75. The van der Waals surface area contributed by atoms with Crippen molar-refractivity contribution in [2.75, 3.05) is 33.0 Å². The van der Waals surface area contributed by atoms with E-state index >= 15 is 0 Å². The topological polar surface area (TPSA) is 94.1 Å². The minimum absolute atomic E-state index is 0.131. The Morgan fingerprint density at radius 2 is 1.89 bits per heavy atom. The van der Waals surface area contributed by atoms with Crippen molar-refractivity contribution in [2.45, 2.75) is 32.3 Å². The van der Waals surface area contributed by atoms with Crippen molar-refractivity contribution in [3.8, 4) is 0 Å². The van der Waals surface area contributed by atoms with E-state index in [4.69, 9.17) is 19.3 Å². The van der Waals surface area contributed by atoms with Crippen LogP contribution in [0.1, 0.15) is 37.9 Å². The van der Waals surface area contributed by atoms with E-state index in [0.29, 0.717) is 31.6 Å². The molecule has 7 heteroatoms. The number of alkyl carbamates (subject to hydrolysis) is 1. The van der Waals surface area contributed by atoms with E-state index in [0.717, 1.165) is 12.0 Å². The van der Waals surface area contributed by atoms with E-state index in [1.54, 1.807) is 6.92 Å². The number of carbonyl (C=O) groups excluding carboxylic acids is 2. The summed E-state index contributed by atoms with van der Waals surface area (Å²) in [6.45, 7) is 6.45. The molecule has 0 aliphatic heterocycles. The molecule has 7 nitrogen and oxygen atoms in total. The van der Waals surface area contributed by atoms with Crippen LogP contribution in [0.4, 0.5) is 4.79 Å². The number of amides is 1. The van der Waals surface area contributed by atoms with Crippen LogP contribution < -0.4 is 5.32 Å². The Balaban J connectivity index is 2.37. The van der Waals surface area contributed by atoms with E-state index in [9.17, 15) is 9.59 Å². The number of aliphatic hydroxyl groups excluding tert-OH is 1. The molecule has 0 aliphatic rings. The molecule has 1 aromatic rings. The van der Waals surface area contributed by atoms with E-state index < -0.39 is 18.2 Å². The maximum Gasteiger partial charge on any atom is 0.407 e. The minimum Gasteiger partial charge on any atom is -0.462 e. The van der Waals surface area contributed by atoms with Crippen LogP contribution in [0.3, 0.4) is 0 Å². The second-order valence-electron chi connectivity index (χ2n) is 6.01. The lowest BCUT2D eigenvalue weighted by Crippen LogP contribution is -2.29. The van der Waals surface area contributed by atoms with Gasteiger partial charge >= 0.3 is 12.1 Å². The largest absolute Gasteiger partial charge is 0.462 e. The standard InChI is InChI=1S/C20H29NO6/c1-16(2)19(23)26-14-8-11-21-20(24)27-18(15-25-13-7-6-12-22)17-9-4-3-5-10-17/h3-5,9-10,18,22H,1,6-8,11-15H2,2H3,(H,21,24). The number of carbonyl (C=O) groups is 2. The fourth-order valence-electron chi connectivity index (χ4n) is 2.09. The number of rotatable bonds is 13. The Morgan fingerprint density at radius 3 is 2.56 bits per heavy atom. The van der Waals surface area contributed by atoms with Gasteiger partial charge in [-0.05, 0) is 31.7 Å². The van der Waals surface area contributed by atoms with Crippen LogP contribution in [0.5, 0.6) is 0 Å². The van der Waals surface area contributed by atoms with Gasteiger partial charge in [0.05, 0.1) is 13.2 Å². The van der Waals surface area contributed by atoms with Crippen LogP contribution in [0.15, 0.2) is 42.5 Å². The highest BCUT2D eigenvalue weighted by Gasteiger charge is 2.16. The summed E-state index contributed by atoms with van der Waals surface area (Å²) < 4.78 is 16.0. The number of benzene rings is 1. The van der Waals surface area contributed by atoms with Crippen molar-refractivity contribution in [1.29, 1.82) is 0 Å². The molecule has 1 amide bonds. The Kier molecular flexibility index (Phi) is 11.6. The monoisotopic (exact) mass is 379 g/mol. The summed E-state index contributed by atoms with van der Waals surface area (Å²) in [5.74, 6) is -0.444. The fourth-order valence-corrected chi connectivity index (χ4v) is 2.09. The van der Waals surface area contributed by atoms with Gasteiger partial charge in [-0.15, -0.1) is 0 Å². The highest BCUT2D eigenvalue weighted by molar-refractivity contribution is 5.86. The highest BCUT2D eigenvalue weighted by atomic mass is 16.6. The SMILES string of the molecule is C=C(C)C(=O)OCCCNC(=O)OC(COCCCCO)c1ccccc1. The van der Waals surface area contributed by atoms with Crippen LogP contribution in [-0.2, 0) is 19.0 Å². The second-order valence-corrected chi connectivity index (χ2v) is 6.01. The molecule has 1 atom stereocenters. The molecule has 0 saturated heterocycles. The molecule has 0 aliphatic carbocycles. The van der Waals surface area contributed by atoms with Gasteiger partial charge in [0, 0.05) is 25.3 Å². The van der Waals surface area contributed by atoms with E-state index in [-0.39, 0.29) is 19.8 Å². The smallest absolute Gasteiger partial charge is 0.407 e. The number of hydrogen-bond donors (Lipinski definition) is 2. The molecule has 2 N–H and O–H groups in total. The van der Waals surface area contributed by atoms with Gasteiger partial charge in [0.25, 0.3) is 0 Å². The maximum absolute atomic E-state index is 12.0. The van der Waals surface area contributed by atoms with Gasteiger partial charge in [-0.3, -0.25) is 0 Å². The van der Waals surface area contributed by atoms with Crippen LogP contribution in [0.25, 0.3) is 0 Å². The molecule has 27 heavy (non-hydrogen) atoms. The molecular formula is C20H29NO6. The van der Waals surface area contributed by atoms with E-state index in [1.807, 2.05) is 30.3 Å². The third kappa shape index (κ3) is 10.4. The Labute approximate surface area is 160 Å². The summed E-state index contributed by atoms with van der Waals surface area (Å²) >= 11 is 0. The molecule has 1 aromatic carbocycles. The molecule has 1 rings (SSSR count). The van der Waals surface area contributed by atoms with Gasteiger partial charge in [-0.2, -0.15) is 0 Å². The van der Waals surface area contributed by atoms with Crippen molar-refractivity contribution in [1.82, 2.24) is 5.32 Å². The third-order valence-electron chi connectivity index (χ3n) is 3.56. The molecule has 150 valence electrons. The van der Waals surface area contributed by atoms with Crippen LogP contribution in [0.2, 0.25) is 0 Å². The Morgan fingerprint density at radius 1 is 1.15 bits per heavy atom. The molecule has 0 saturated carbocycles. The van der Waals surface area contributed by atoms with E-state index in [1.165, 1.54) is 0 Å². The number of unbranched alkanes of at least 4 members (excludes halogenated alkanes) is 1. The predicted molar refractivity (Wildman–Crippen MR) is 101 cm³/mol. The van der Waals surface area contributed by atoms with Crippen molar-refractivity contribution in [3.05, 3.63) is 48.0 Å². The van der Waals surface area contributed by atoms with Crippen molar-refractivity contribution in [2.24, 2.45) is 0 Å². The summed E-state index contributed by atoms with van der Waals surface area (Å²) in [7, 11) is 0. The van der Waals surface area contributed by atoms with Gasteiger partial charge in [-0.1, -0.05) is 36.9 Å². The Bertz CT molecular complexity index is 575. The lowest BCUT2D eigenvalue weighted by Gasteiger charge is -2.19. The number of esters is 1. The summed E-state index contributed by atoms with van der Waals surface area (Å²) in [5.41, 5.74) is 1.18. The normalized spacial score (nSPS) is 11.5. The van der Waals surface area contributed by atoms with Crippen LogP contribution in [-0.4, -0.2) is 50.1 Å². The molecule has 0 spiro atoms. The molecule has 0 aromatic heterocycles. The van der Waals surface area contributed by atoms with Crippen molar-refractivity contribution >= 4 is 12.1 Å². The Hall–Kier alpha value is -2.38. The van der Waals surface area contributed by atoms with Gasteiger partial charge in [0.15, 0.2) is 6.10 Å². The minimum atomic E-state index is -0.561. The number of nitrogens with one attached hydrogen (secondary N) is 1. The highest BCUT2D eigenvalue weighted by Crippen LogP contribution is 2.18. The summed E-state index contributed by atoms with van der Waals surface area (Å²) in [5, 5.41) is 11.4. The average molecular weight is 379 g/mol. The van der Waals surface area contributed by atoms with Gasteiger partial charge in [0.2, 0.25) is 0 Å². The first-order chi connectivity index (χ1) is 13.0. The zero-order chi connectivity index (χ0) is 19.9. The quantitative estimate of drug-likeness (QED) is 0.311. The number of aliphatic hydroxyl groups is 1. The summed E-state index contributed by atoms with van der Waals surface area (Å²) in [4.78, 5) is 23.3. The average Bonchev–Trinajstić information content (AvgIpc) is 2.67. The molecule has 0 heterocycles. The van der Waals surface area contributed by atoms with Gasteiger partial charge in [0.1, 0.15) is 0 Å². The molecule has 0 bridgehead atoms. The zero-order valence-corrected chi connectivity index (χ0v) is 15.8. The van der Waals surface area contributed by atoms with Gasteiger partial charge in [-0.25, -0.2) is 9.59 Å². The lowest BCUT2D eigenvalue weighted by atomic mass is 10.1. The molecular weight excluding hydrogens is 350 g/mol. The number of hydrogen-bond acceptors (Lipinski definition) is 6. The van der Waals surface area contributed by atoms with Crippen molar-refractivity contribution in [3.63, 3.8) is 0 Å². The first kappa shape index (κ1) is 22.7. The first-order valence-electron chi connectivity index (χ1n) is 9.05. The fraction of sp³-hybridized carbons (Fsp3) is 0.500. The van der Waals surface area contributed by atoms with Crippen LogP contribution >= 0.6 is 0 Å². The van der Waals surface area contributed by atoms with Gasteiger partial charge < -0.3 is 24.6 Å². The third-order valence-corrected chi connectivity index (χ3v) is 3.56. The summed E-state index contributed by atoms with van der Waals surface area (Å²) in [6, 6.07) is 9.35. The molecule has 0 fully saturated rings. The first-order valence-corrected chi connectivity index (χ1v) is 9.05. The lowest BCUT2D eigenvalue weighted by molar-refractivity contribution is -0.138. The second kappa shape index (κ2) is 13.8. The number of ether oxygens (including phenoxy) is 3. The maximum atomic E-state index is 12.0. The molecule has 0 radical (unpaired) electrons. The molecule has 1 unspecified atom stereocenters. The van der Waals surface area contributed by atoms with Crippen molar-refractivity contribution < 1.29 is 28.9 Å². The van der Waals surface area contributed by atoms with E-state index in [2.05, 4.69) is 11.9 Å². The summed E-state index contributed by atoms with van der Waals surface area (Å²) in [6.07, 6.45) is 0.804. The van der Waals surface area contributed by atoms with Crippen LogP contribution in [0, 0.1) is 0 Å².